The van der Waals surface area contributed by atoms with Gasteiger partial charge in [0.05, 0.1) is 0 Å². The second-order valence-electron chi connectivity index (χ2n) is 5.17. The van der Waals surface area contributed by atoms with Crippen LogP contribution in [0.2, 0.25) is 0 Å². The molecule has 0 aliphatic carbocycles. The number of allylic oxidation sites excluding steroid dienone is 3. The lowest BCUT2D eigenvalue weighted by atomic mass is 9.96. The summed E-state index contributed by atoms with van der Waals surface area (Å²) in [7, 11) is 0. The van der Waals surface area contributed by atoms with Crippen molar-refractivity contribution in [2.75, 3.05) is 0 Å². The van der Waals surface area contributed by atoms with Crippen molar-refractivity contribution in [3.8, 4) is 0 Å². The molecule has 0 spiro atoms. The molecule has 1 atom stereocenters. The van der Waals surface area contributed by atoms with Crippen LogP contribution >= 0.6 is 0 Å². The van der Waals surface area contributed by atoms with Crippen LogP contribution in [0.4, 0.5) is 0 Å². The molecule has 0 aliphatic heterocycles. The van der Waals surface area contributed by atoms with Gasteiger partial charge in [0.2, 0.25) is 0 Å². The van der Waals surface area contributed by atoms with E-state index in [1.807, 2.05) is 33.8 Å². The molecule has 0 saturated heterocycles. The zero-order chi connectivity index (χ0) is 14.5. The van der Waals surface area contributed by atoms with Crippen molar-refractivity contribution in [3.05, 3.63) is 36.0 Å². The summed E-state index contributed by atoms with van der Waals surface area (Å²) < 4.78 is 10.3. The van der Waals surface area contributed by atoms with Gasteiger partial charge in [-0.25, -0.2) is 4.79 Å². The second kappa shape index (κ2) is 6.31. The first-order valence-corrected chi connectivity index (χ1v) is 6.18. The number of aromatic nitrogens is 2. The molecule has 0 amide bonds. The minimum Gasteiger partial charge on any atom is -0.449 e. The molecule has 1 aromatic heterocycles. The smallest absolute Gasteiger partial charge is 0.331 e. The van der Waals surface area contributed by atoms with Gasteiger partial charge in [-0.15, -0.1) is 0 Å². The van der Waals surface area contributed by atoms with Crippen molar-refractivity contribution in [1.82, 2.24) is 10.1 Å². The maximum Gasteiger partial charge on any atom is 0.331 e. The van der Waals surface area contributed by atoms with E-state index in [4.69, 9.17) is 9.26 Å². The predicted molar refractivity (Wildman–Crippen MR) is 71.5 cm³/mol. The molecule has 0 radical (unpaired) electrons. The lowest BCUT2D eigenvalue weighted by Gasteiger charge is -2.11. The normalized spacial score (nSPS) is 14.2. The van der Waals surface area contributed by atoms with Gasteiger partial charge in [0, 0.05) is 11.5 Å². The van der Waals surface area contributed by atoms with Crippen LogP contribution in [0.25, 0.3) is 0 Å². The van der Waals surface area contributed by atoms with Crippen LogP contribution in [-0.2, 0) is 14.9 Å². The Kier molecular flexibility index (Phi) is 5.03. The van der Waals surface area contributed by atoms with E-state index in [0.29, 0.717) is 11.7 Å². The van der Waals surface area contributed by atoms with Crippen molar-refractivity contribution in [1.29, 1.82) is 0 Å². The molecule has 1 unspecified atom stereocenters. The van der Waals surface area contributed by atoms with E-state index in [-0.39, 0.29) is 5.41 Å². The summed E-state index contributed by atoms with van der Waals surface area (Å²) >= 11 is 0. The summed E-state index contributed by atoms with van der Waals surface area (Å²) in [5, 5.41) is 3.88. The highest BCUT2D eigenvalue weighted by Gasteiger charge is 2.24. The average molecular weight is 264 g/mol. The van der Waals surface area contributed by atoms with Crippen molar-refractivity contribution in [2.45, 2.75) is 46.1 Å². The molecule has 19 heavy (non-hydrogen) atoms. The number of hydrogen-bond donors (Lipinski definition) is 0. The molecule has 0 aliphatic rings. The molecule has 5 nitrogen and oxygen atoms in total. The highest BCUT2D eigenvalue weighted by Crippen LogP contribution is 2.22. The van der Waals surface area contributed by atoms with Crippen LogP contribution < -0.4 is 0 Å². The number of rotatable bonds is 4. The van der Waals surface area contributed by atoms with Crippen molar-refractivity contribution in [2.24, 2.45) is 0 Å². The zero-order valence-electron chi connectivity index (χ0n) is 12.0. The van der Waals surface area contributed by atoms with Crippen LogP contribution in [-0.4, -0.2) is 16.1 Å². The topological polar surface area (TPSA) is 65.2 Å². The Balaban J connectivity index is 2.66. The van der Waals surface area contributed by atoms with Crippen LogP contribution in [0, 0.1) is 0 Å². The molecule has 1 rings (SSSR count). The number of ether oxygens (including phenoxy) is 1. The first-order chi connectivity index (χ1) is 8.84. The van der Waals surface area contributed by atoms with Gasteiger partial charge in [0.25, 0.3) is 5.89 Å². The zero-order valence-corrected chi connectivity index (χ0v) is 12.0. The predicted octanol–water partition coefficient (Wildman–Crippen LogP) is 3.10. The van der Waals surface area contributed by atoms with Gasteiger partial charge in [0.15, 0.2) is 11.9 Å². The van der Waals surface area contributed by atoms with Crippen molar-refractivity contribution in [3.63, 3.8) is 0 Å². The highest BCUT2D eigenvalue weighted by atomic mass is 16.6. The fourth-order valence-electron chi connectivity index (χ4n) is 1.21. The highest BCUT2D eigenvalue weighted by molar-refractivity contribution is 5.82. The average Bonchev–Trinajstić information content (AvgIpc) is 2.78. The summed E-state index contributed by atoms with van der Waals surface area (Å²) in [4.78, 5) is 15.7. The lowest BCUT2D eigenvalue weighted by Crippen LogP contribution is -2.14. The summed E-state index contributed by atoms with van der Waals surface area (Å²) in [6, 6.07) is 0. The molecule has 0 aromatic carbocycles. The number of carbonyl (C=O) groups excluding carboxylic acids is 1. The maximum atomic E-state index is 11.5. The van der Waals surface area contributed by atoms with Gasteiger partial charge in [-0.2, -0.15) is 4.98 Å². The van der Waals surface area contributed by atoms with Crippen LogP contribution in [0.5, 0.6) is 0 Å². The fraction of sp³-hybridized carbons (Fsp3) is 0.500. The Morgan fingerprint density at radius 3 is 2.58 bits per heavy atom. The third-order valence-corrected chi connectivity index (χ3v) is 2.29. The van der Waals surface area contributed by atoms with Gasteiger partial charge in [-0.3, -0.25) is 0 Å². The molecule has 5 heteroatoms. The first kappa shape index (κ1) is 15.1. The Labute approximate surface area is 113 Å². The van der Waals surface area contributed by atoms with E-state index in [2.05, 4.69) is 10.1 Å². The maximum absolute atomic E-state index is 11.5. The SMILES string of the molecule is C/C=C/C=C/C(=O)OC(C)c1nc(C(C)(C)C)no1. The molecule has 1 aromatic rings. The fourth-order valence-corrected chi connectivity index (χ4v) is 1.21. The minimum atomic E-state index is -0.564. The monoisotopic (exact) mass is 264 g/mol. The largest absolute Gasteiger partial charge is 0.449 e. The van der Waals surface area contributed by atoms with Gasteiger partial charge in [-0.05, 0) is 13.8 Å². The number of carbonyl (C=O) groups is 1. The van der Waals surface area contributed by atoms with E-state index >= 15 is 0 Å². The van der Waals surface area contributed by atoms with Crippen molar-refractivity contribution >= 4 is 5.97 Å². The third kappa shape index (κ3) is 4.69. The van der Waals surface area contributed by atoms with Crippen LogP contribution in [0.15, 0.2) is 28.8 Å². The van der Waals surface area contributed by atoms with Crippen molar-refractivity contribution < 1.29 is 14.1 Å². The second-order valence-corrected chi connectivity index (χ2v) is 5.17. The molecule has 104 valence electrons. The standard InChI is InChI=1S/C14H20N2O3/c1-6-7-8-9-11(17)18-10(2)12-15-13(16-19-12)14(3,4)5/h6-10H,1-5H3/b7-6+,9-8+. The van der Waals surface area contributed by atoms with Crippen LogP contribution in [0.1, 0.15) is 52.4 Å². The van der Waals surface area contributed by atoms with E-state index in [1.165, 1.54) is 6.08 Å². The quantitative estimate of drug-likeness (QED) is 0.475. The van der Waals surface area contributed by atoms with Gasteiger partial charge in [0.1, 0.15) is 0 Å². The first-order valence-electron chi connectivity index (χ1n) is 6.18. The molecule has 0 fully saturated rings. The molecular formula is C14H20N2O3. The molecule has 0 N–H and O–H groups in total. The van der Waals surface area contributed by atoms with E-state index in [0.717, 1.165) is 0 Å². The number of nitrogens with zero attached hydrogens (tertiary/aromatic N) is 2. The third-order valence-electron chi connectivity index (χ3n) is 2.29. The Morgan fingerprint density at radius 1 is 1.37 bits per heavy atom. The summed E-state index contributed by atoms with van der Waals surface area (Å²) in [5.41, 5.74) is -0.197. The summed E-state index contributed by atoms with van der Waals surface area (Å²) in [6.07, 6.45) is 5.96. The molecule has 0 saturated carbocycles. The lowest BCUT2D eigenvalue weighted by molar-refractivity contribution is -0.143. The van der Waals surface area contributed by atoms with Gasteiger partial charge < -0.3 is 9.26 Å². The number of hydrogen-bond acceptors (Lipinski definition) is 5. The van der Waals surface area contributed by atoms with Gasteiger partial charge in [-0.1, -0.05) is 44.2 Å². The molecular weight excluding hydrogens is 244 g/mol. The Hall–Kier alpha value is -1.91. The van der Waals surface area contributed by atoms with E-state index in [1.54, 1.807) is 19.1 Å². The van der Waals surface area contributed by atoms with Crippen LogP contribution in [0.3, 0.4) is 0 Å². The number of esters is 1. The van der Waals surface area contributed by atoms with E-state index < -0.39 is 12.1 Å². The summed E-state index contributed by atoms with van der Waals surface area (Å²) in [6.45, 7) is 9.51. The molecule has 1 heterocycles. The van der Waals surface area contributed by atoms with E-state index in [9.17, 15) is 4.79 Å². The Bertz CT molecular complexity index is 481. The Morgan fingerprint density at radius 2 is 2.05 bits per heavy atom. The summed E-state index contributed by atoms with van der Waals surface area (Å²) in [5.74, 6) is 0.452. The molecule has 0 bridgehead atoms. The van der Waals surface area contributed by atoms with Gasteiger partial charge >= 0.3 is 5.97 Å². The minimum absolute atomic E-state index is 0.197.